The number of amides is 1. The number of pyridine rings is 1. The van der Waals surface area contributed by atoms with E-state index in [0.717, 1.165) is 55.3 Å². The van der Waals surface area contributed by atoms with Crippen LogP contribution in [-0.2, 0) is 11.3 Å². The molecular formula is C21H23N5O2. The first-order valence-electron chi connectivity index (χ1n) is 9.80. The van der Waals surface area contributed by atoms with Crippen molar-refractivity contribution in [3.8, 4) is 0 Å². The Bertz CT molecular complexity index is 1000. The van der Waals surface area contributed by atoms with Gasteiger partial charge >= 0.3 is 0 Å². The molecule has 144 valence electrons. The summed E-state index contributed by atoms with van der Waals surface area (Å²) >= 11 is 0. The maximum absolute atomic E-state index is 12.8. The normalized spacial score (nSPS) is 17.7. The second-order valence-corrected chi connectivity index (χ2v) is 7.45. The van der Waals surface area contributed by atoms with E-state index in [1.165, 1.54) is 12.8 Å². The molecule has 1 saturated heterocycles. The van der Waals surface area contributed by atoms with Crippen molar-refractivity contribution in [2.24, 2.45) is 0 Å². The minimum absolute atomic E-state index is 0.162. The van der Waals surface area contributed by atoms with Gasteiger partial charge in [0.25, 0.3) is 5.91 Å². The van der Waals surface area contributed by atoms with Crippen LogP contribution in [0, 0.1) is 0 Å². The number of ether oxygens (including phenoxy) is 1. The summed E-state index contributed by atoms with van der Waals surface area (Å²) in [7, 11) is 0. The van der Waals surface area contributed by atoms with Crippen molar-refractivity contribution in [3.63, 3.8) is 0 Å². The molecule has 2 aromatic heterocycles. The van der Waals surface area contributed by atoms with Crippen LogP contribution in [-0.4, -0.2) is 51.6 Å². The van der Waals surface area contributed by atoms with Crippen molar-refractivity contribution < 1.29 is 9.53 Å². The highest BCUT2D eigenvalue weighted by molar-refractivity contribution is 6.05. The van der Waals surface area contributed by atoms with E-state index in [9.17, 15) is 4.79 Å². The van der Waals surface area contributed by atoms with Gasteiger partial charge in [0.05, 0.1) is 25.1 Å². The molecule has 3 aromatic rings. The second kappa shape index (κ2) is 7.33. The molecule has 1 saturated carbocycles. The van der Waals surface area contributed by atoms with Crippen LogP contribution < -0.4 is 5.32 Å². The van der Waals surface area contributed by atoms with Crippen LogP contribution in [0.3, 0.4) is 0 Å². The van der Waals surface area contributed by atoms with Gasteiger partial charge in [-0.15, -0.1) is 0 Å². The van der Waals surface area contributed by atoms with Crippen LogP contribution in [0.15, 0.2) is 42.9 Å². The van der Waals surface area contributed by atoms with Gasteiger partial charge in [-0.05, 0) is 30.5 Å². The Balaban J connectivity index is 1.34. The van der Waals surface area contributed by atoms with Crippen molar-refractivity contribution in [2.45, 2.75) is 25.4 Å². The number of para-hydroxylation sites is 1. The predicted molar refractivity (Wildman–Crippen MR) is 106 cm³/mol. The zero-order valence-electron chi connectivity index (χ0n) is 15.7. The number of imidazole rings is 1. The molecule has 7 heteroatoms. The largest absolute Gasteiger partial charge is 0.379 e. The maximum atomic E-state index is 12.8. The number of fused-ring (bicyclic) bond motifs is 1. The van der Waals surface area contributed by atoms with E-state index < -0.39 is 0 Å². The zero-order chi connectivity index (χ0) is 18.9. The fourth-order valence-corrected chi connectivity index (χ4v) is 3.64. The van der Waals surface area contributed by atoms with E-state index in [2.05, 4.69) is 30.8 Å². The number of carbonyl (C=O) groups excluding carboxylic acids is 1. The molecular weight excluding hydrogens is 354 g/mol. The first-order chi connectivity index (χ1) is 13.8. The molecule has 1 N–H and O–H groups in total. The predicted octanol–water partition coefficient (Wildman–Crippen LogP) is 2.85. The number of nitrogens with zero attached hydrogens (tertiary/aromatic N) is 4. The first kappa shape index (κ1) is 17.3. The lowest BCUT2D eigenvalue weighted by Crippen LogP contribution is -2.35. The van der Waals surface area contributed by atoms with Gasteiger partial charge in [-0.25, -0.2) is 9.97 Å². The van der Waals surface area contributed by atoms with E-state index in [1.807, 2.05) is 30.6 Å². The summed E-state index contributed by atoms with van der Waals surface area (Å²) in [6, 6.07) is 10.3. The summed E-state index contributed by atoms with van der Waals surface area (Å²) in [6.45, 7) is 4.13. The molecule has 0 atom stereocenters. The molecule has 0 spiro atoms. The molecule has 1 aliphatic heterocycles. The van der Waals surface area contributed by atoms with Crippen LogP contribution in [0.2, 0.25) is 0 Å². The summed E-state index contributed by atoms with van der Waals surface area (Å²) in [6.07, 6.45) is 5.82. The van der Waals surface area contributed by atoms with Gasteiger partial charge in [-0.3, -0.25) is 9.69 Å². The number of anilines is 1. The number of hydrogen-bond acceptors (Lipinski definition) is 5. The van der Waals surface area contributed by atoms with E-state index in [-0.39, 0.29) is 5.91 Å². The maximum Gasteiger partial charge on any atom is 0.257 e. The molecule has 1 aromatic carbocycles. The molecule has 2 fully saturated rings. The summed E-state index contributed by atoms with van der Waals surface area (Å²) < 4.78 is 7.53. The Labute approximate surface area is 163 Å². The first-order valence-corrected chi connectivity index (χ1v) is 9.80. The highest BCUT2D eigenvalue weighted by Crippen LogP contribution is 2.36. The number of hydrogen-bond donors (Lipinski definition) is 1. The van der Waals surface area contributed by atoms with E-state index in [4.69, 9.17) is 4.74 Å². The van der Waals surface area contributed by atoms with Crippen molar-refractivity contribution in [1.29, 1.82) is 0 Å². The molecule has 2 aliphatic rings. The fraction of sp³-hybridized carbons (Fsp3) is 0.381. The van der Waals surface area contributed by atoms with Crippen molar-refractivity contribution in [1.82, 2.24) is 19.4 Å². The number of benzene rings is 1. The van der Waals surface area contributed by atoms with Gasteiger partial charge in [0.2, 0.25) is 0 Å². The summed E-state index contributed by atoms with van der Waals surface area (Å²) in [5, 5.41) is 3.05. The van der Waals surface area contributed by atoms with Crippen molar-refractivity contribution >= 4 is 22.8 Å². The standard InChI is InChI=1S/C21H23N5O2/c27-21(16-11-19-20(22-12-16)26(14-23-19)17-5-6-17)24-18-4-2-1-3-15(18)13-25-7-9-28-10-8-25/h1-4,11-12,14,17H,5-10,13H2,(H,24,27). The lowest BCUT2D eigenvalue weighted by Gasteiger charge is -2.27. The van der Waals surface area contributed by atoms with Crippen molar-refractivity contribution in [3.05, 3.63) is 54.0 Å². The molecule has 1 amide bonds. The lowest BCUT2D eigenvalue weighted by molar-refractivity contribution is 0.0342. The van der Waals surface area contributed by atoms with Gasteiger partial charge in [0, 0.05) is 37.6 Å². The quantitative estimate of drug-likeness (QED) is 0.740. The topological polar surface area (TPSA) is 72.3 Å². The van der Waals surface area contributed by atoms with E-state index >= 15 is 0 Å². The highest BCUT2D eigenvalue weighted by atomic mass is 16.5. The Hall–Kier alpha value is -2.77. The molecule has 28 heavy (non-hydrogen) atoms. The Morgan fingerprint density at radius 3 is 2.82 bits per heavy atom. The van der Waals surface area contributed by atoms with Gasteiger partial charge < -0.3 is 14.6 Å². The van der Waals surface area contributed by atoms with E-state index in [0.29, 0.717) is 11.6 Å². The Morgan fingerprint density at radius 1 is 1.18 bits per heavy atom. The highest BCUT2D eigenvalue weighted by Gasteiger charge is 2.25. The van der Waals surface area contributed by atoms with Crippen LogP contribution in [0.1, 0.15) is 34.8 Å². The molecule has 0 unspecified atom stereocenters. The van der Waals surface area contributed by atoms with Gasteiger partial charge in [-0.2, -0.15) is 0 Å². The number of morpholine rings is 1. The minimum Gasteiger partial charge on any atom is -0.379 e. The molecule has 1 aliphatic carbocycles. The smallest absolute Gasteiger partial charge is 0.257 e. The average molecular weight is 377 g/mol. The third-order valence-electron chi connectivity index (χ3n) is 5.38. The Kier molecular flexibility index (Phi) is 4.54. The minimum atomic E-state index is -0.162. The van der Waals surface area contributed by atoms with Crippen molar-refractivity contribution in [2.75, 3.05) is 31.6 Å². The zero-order valence-corrected chi connectivity index (χ0v) is 15.7. The van der Waals surface area contributed by atoms with Crippen LogP contribution >= 0.6 is 0 Å². The fourth-order valence-electron chi connectivity index (χ4n) is 3.64. The second-order valence-electron chi connectivity index (χ2n) is 7.45. The van der Waals surface area contributed by atoms with Gasteiger partial charge in [0.1, 0.15) is 5.52 Å². The lowest BCUT2D eigenvalue weighted by atomic mass is 10.1. The summed E-state index contributed by atoms with van der Waals surface area (Å²) in [5.74, 6) is -0.162. The number of aromatic nitrogens is 3. The average Bonchev–Trinajstić information content (AvgIpc) is 3.49. The SMILES string of the molecule is O=C(Nc1ccccc1CN1CCOCC1)c1cnc2c(c1)ncn2C1CC1. The van der Waals surface area contributed by atoms with Crippen LogP contribution in [0.5, 0.6) is 0 Å². The third kappa shape index (κ3) is 3.50. The summed E-state index contributed by atoms with van der Waals surface area (Å²) in [4.78, 5) is 24.1. The molecule has 3 heterocycles. The van der Waals surface area contributed by atoms with E-state index in [1.54, 1.807) is 6.20 Å². The third-order valence-corrected chi connectivity index (χ3v) is 5.38. The molecule has 0 radical (unpaired) electrons. The molecule has 5 rings (SSSR count). The van der Waals surface area contributed by atoms with Gasteiger partial charge in [0.15, 0.2) is 5.65 Å². The number of rotatable bonds is 5. The van der Waals surface area contributed by atoms with Crippen LogP contribution in [0.25, 0.3) is 11.2 Å². The number of nitrogens with one attached hydrogen (secondary N) is 1. The summed E-state index contributed by atoms with van der Waals surface area (Å²) in [5.41, 5.74) is 4.08. The molecule has 7 nitrogen and oxygen atoms in total. The van der Waals surface area contributed by atoms with Gasteiger partial charge in [-0.1, -0.05) is 18.2 Å². The monoisotopic (exact) mass is 377 g/mol. The molecule has 0 bridgehead atoms. The van der Waals surface area contributed by atoms with Crippen LogP contribution in [0.4, 0.5) is 5.69 Å². The Morgan fingerprint density at radius 2 is 2.00 bits per heavy atom. The number of carbonyl (C=O) groups is 1.